The number of ether oxygens (including phenoxy) is 2. The largest absolute Gasteiger partial charge is 0.497 e. The average Bonchev–Trinajstić information content (AvgIpc) is 3.35. The molecule has 2 aromatic heterocycles. The van der Waals surface area contributed by atoms with Crippen molar-refractivity contribution in [2.45, 2.75) is 12.5 Å². The first kappa shape index (κ1) is 16.3. The molecule has 1 N–H and O–H groups in total. The molecular formula is C19H18N4O3. The number of H-pyrrole nitrogens is 1. The molecule has 4 aromatic rings. The summed E-state index contributed by atoms with van der Waals surface area (Å²) in [4.78, 5) is 7.31. The van der Waals surface area contributed by atoms with Crippen molar-refractivity contribution in [2.75, 3.05) is 14.2 Å². The second-order valence-corrected chi connectivity index (χ2v) is 5.86. The summed E-state index contributed by atoms with van der Waals surface area (Å²) < 4.78 is 16.6. The van der Waals surface area contributed by atoms with Crippen molar-refractivity contribution in [3.05, 3.63) is 60.2 Å². The van der Waals surface area contributed by atoms with Gasteiger partial charge in [-0.2, -0.15) is 0 Å². The van der Waals surface area contributed by atoms with Gasteiger partial charge in [0.25, 0.3) is 0 Å². The summed E-state index contributed by atoms with van der Waals surface area (Å²) in [6, 6.07) is 13.6. The molecule has 0 aliphatic rings. The van der Waals surface area contributed by atoms with Gasteiger partial charge in [0.15, 0.2) is 0 Å². The van der Waals surface area contributed by atoms with Crippen LogP contribution in [0.15, 0.2) is 53.2 Å². The molecule has 2 aromatic carbocycles. The van der Waals surface area contributed by atoms with E-state index in [0.717, 1.165) is 27.9 Å². The van der Waals surface area contributed by atoms with Crippen LogP contribution in [0.2, 0.25) is 0 Å². The molecule has 0 saturated heterocycles. The Morgan fingerprint density at radius 1 is 1.08 bits per heavy atom. The number of benzene rings is 2. The highest BCUT2D eigenvalue weighted by Gasteiger charge is 2.20. The fourth-order valence-electron chi connectivity index (χ4n) is 2.79. The number of imidazole rings is 1. The SMILES string of the molecule is COc1ccc(CC(OC)c2nnc(-c3ccc4[nH]cnc4c3)o2)cc1. The Balaban J connectivity index is 1.56. The van der Waals surface area contributed by atoms with E-state index in [1.54, 1.807) is 20.5 Å². The molecule has 132 valence electrons. The maximum absolute atomic E-state index is 5.86. The van der Waals surface area contributed by atoms with E-state index in [1.165, 1.54) is 0 Å². The molecule has 2 heterocycles. The molecule has 0 fully saturated rings. The maximum Gasteiger partial charge on any atom is 0.247 e. The van der Waals surface area contributed by atoms with Crippen LogP contribution < -0.4 is 4.74 Å². The van der Waals surface area contributed by atoms with Crippen LogP contribution in [0.25, 0.3) is 22.5 Å². The Bertz CT molecular complexity index is 1010. The maximum atomic E-state index is 5.86. The van der Waals surface area contributed by atoms with Crippen LogP contribution in [0, 0.1) is 0 Å². The smallest absolute Gasteiger partial charge is 0.247 e. The number of hydrogen-bond acceptors (Lipinski definition) is 6. The third-order valence-corrected chi connectivity index (χ3v) is 4.25. The lowest BCUT2D eigenvalue weighted by Crippen LogP contribution is -2.06. The van der Waals surface area contributed by atoms with Crippen LogP contribution in [0.4, 0.5) is 0 Å². The summed E-state index contributed by atoms with van der Waals surface area (Å²) in [5.74, 6) is 1.71. The van der Waals surface area contributed by atoms with E-state index in [2.05, 4.69) is 20.2 Å². The van der Waals surface area contributed by atoms with Gasteiger partial charge in [-0.3, -0.25) is 0 Å². The van der Waals surface area contributed by atoms with Crippen molar-refractivity contribution in [2.24, 2.45) is 0 Å². The molecule has 1 atom stereocenters. The molecule has 4 rings (SSSR count). The number of hydrogen-bond donors (Lipinski definition) is 1. The van der Waals surface area contributed by atoms with E-state index < -0.39 is 0 Å². The Labute approximate surface area is 150 Å². The van der Waals surface area contributed by atoms with Crippen molar-refractivity contribution < 1.29 is 13.9 Å². The molecule has 0 saturated carbocycles. The Hall–Kier alpha value is -3.19. The third kappa shape index (κ3) is 3.16. The normalized spacial score (nSPS) is 12.4. The zero-order chi connectivity index (χ0) is 17.9. The summed E-state index contributed by atoms with van der Waals surface area (Å²) >= 11 is 0. The van der Waals surface area contributed by atoms with Crippen molar-refractivity contribution >= 4 is 11.0 Å². The minimum Gasteiger partial charge on any atom is -0.497 e. The minimum absolute atomic E-state index is 0.321. The molecule has 26 heavy (non-hydrogen) atoms. The molecule has 0 bridgehead atoms. The zero-order valence-corrected chi connectivity index (χ0v) is 14.5. The van der Waals surface area contributed by atoms with Crippen LogP contribution in [0.5, 0.6) is 5.75 Å². The molecule has 7 nitrogen and oxygen atoms in total. The predicted molar refractivity (Wildman–Crippen MR) is 95.8 cm³/mol. The van der Waals surface area contributed by atoms with E-state index >= 15 is 0 Å². The van der Waals surface area contributed by atoms with E-state index in [0.29, 0.717) is 18.2 Å². The number of fused-ring (bicyclic) bond motifs is 1. The first-order valence-corrected chi connectivity index (χ1v) is 8.19. The van der Waals surface area contributed by atoms with Crippen molar-refractivity contribution in [1.82, 2.24) is 20.2 Å². The molecule has 1 unspecified atom stereocenters. The second kappa shape index (κ2) is 6.97. The Morgan fingerprint density at radius 3 is 2.69 bits per heavy atom. The van der Waals surface area contributed by atoms with Gasteiger partial charge >= 0.3 is 0 Å². The minimum atomic E-state index is -0.321. The monoisotopic (exact) mass is 350 g/mol. The summed E-state index contributed by atoms with van der Waals surface area (Å²) in [5, 5.41) is 8.33. The van der Waals surface area contributed by atoms with Crippen molar-refractivity contribution in [3.8, 4) is 17.2 Å². The molecule has 0 aliphatic carbocycles. The van der Waals surface area contributed by atoms with Crippen molar-refractivity contribution in [3.63, 3.8) is 0 Å². The number of methoxy groups -OCH3 is 2. The molecular weight excluding hydrogens is 332 g/mol. The van der Waals surface area contributed by atoms with Gasteiger partial charge in [-0.15, -0.1) is 10.2 Å². The van der Waals surface area contributed by atoms with E-state index in [4.69, 9.17) is 13.9 Å². The van der Waals surface area contributed by atoms with E-state index in [-0.39, 0.29) is 6.10 Å². The van der Waals surface area contributed by atoms with Gasteiger partial charge in [0.1, 0.15) is 11.9 Å². The van der Waals surface area contributed by atoms with Gasteiger partial charge < -0.3 is 18.9 Å². The van der Waals surface area contributed by atoms with Crippen LogP contribution in [0.1, 0.15) is 17.6 Å². The van der Waals surface area contributed by atoms with Gasteiger partial charge in [0, 0.05) is 19.1 Å². The van der Waals surface area contributed by atoms with Crippen LogP contribution in [-0.4, -0.2) is 34.4 Å². The van der Waals surface area contributed by atoms with E-state index in [1.807, 2.05) is 42.5 Å². The molecule has 0 aliphatic heterocycles. The topological polar surface area (TPSA) is 86.1 Å². The summed E-state index contributed by atoms with van der Waals surface area (Å²) in [6.45, 7) is 0. The highest BCUT2D eigenvalue weighted by Crippen LogP contribution is 2.26. The number of nitrogens with zero attached hydrogens (tertiary/aromatic N) is 3. The average molecular weight is 350 g/mol. The molecule has 0 amide bonds. The van der Waals surface area contributed by atoms with Gasteiger partial charge in [-0.25, -0.2) is 4.98 Å². The first-order valence-electron chi connectivity index (χ1n) is 8.19. The molecule has 7 heteroatoms. The number of aromatic amines is 1. The lowest BCUT2D eigenvalue weighted by atomic mass is 10.1. The standard InChI is InChI=1S/C19H18N4O3/c1-24-14-6-3-12(4-7-14)9-17(25-2)19-23-22-18(26-19)13-5-8-15-16(10-13)21-11-20-15/h3-8,10-11,17H,9H2,1-2H3,(H,20,21). The predicted octanol–water partition coefficient (Wildman–Crippen LogP) is 3.55. The van der Waals surface area contributed by atoms with Crippen LogP contribution in [-0.2, 0) is 11.2 Å². The zero-order valence-electron chi connectivity index (χ0n) is 14.5. The highest BCUT2D eigenvalue weighted by molar-refractivity contribution is 5.79. The fraction of sp³-hybridized carbons (Fsp3) is 0.211. The van der Waals surface area contributed by atoms with Gasteiger partial charge in [-0.1, -0.05) is 12.1 Å². The summed E-state index contributed by atoms with van der Waals surface area (Å²) in [5.41, 5.74) is 3.73. The van der Waals surface area contributed by atoms with Crippen LogP contribution >= 0.6 is 0 Å². The summed E-state index contributed by atoms with van der Waals surface area (Å²) in [6.07, 6.45) is 1.96. The van der Waals surface area contributed by atoms with Gasteiger partial charge in [0.05, 0.1) is 24.5 Å². The Morgan fingerprint density at radius 2 is 1.92 bits per heavy atom. The van der Waals surface area contributed by atoms with Crippen molar-refractivity contribution in [1.29, 1.82) is 0 Å². The lowest BCUT2D eigenvalue weighted by molar-refractivity contribution is 0.0800. The molecule has 0 radical (unpaired) electrons. The Kier molecular flexibility index (Phi) is 4.37. The first-order chi connectivity index (χ1) is 12.8. The number of rotatable bonds is 6. The quantitative estimate of drug-likeness (QED) is 0.572. The fourth-order valence-corrected chi connectivity index (χ4v) is 2.79. The summed E-state index contributed by atoms with van der Waals surface area (Å²) in [7, 11) is 3.28. The lowest BCUT2D eigenvalue weighted by Gasteiger charge is -2.11. The van der Waals surface area contributed by atoms with Gasteiger partial charge in [-0.05, 0) is 35.9 Å². The highest BCUT2D eigenvalue weighted by atomic mass is 16.5. The second-order valence-electron chi connectivity index (χ2n) is 5.86. The van der Waals surface area contributed by atoms with Crippen LogP contribution in [0.3, 0.4) is 0 Å². The number of nitrogens with one attached hydrogen (secondary N) is 1. The number of aromatic nitrogens is 4. The third-order valence-electron chi connectivity index (χ3n) is 4.25. The van der Waals surface area contributed by atoms with E-state index in [9.17, 15) is 0 Å². The van der Waals surface area contributed by atoms with Gasteiger partial charge in [0.2, 0.25) is 11.8 Å². The molecule has 0 spiro atoms.